The van der Waals surface area contributed by atoms with Gasteiger partial charge in [0.25, 0.3) is 0 Å². The minimum atomic E-state index is -0.0353. The second-order valence-electron chi connectivity index (χ2n) is 3.31. The van der Waals surface area contributed by atoms with Gasteiger partial charge in [-0.05, 0) is 12.1 Å². The van der Waals surface area contributed by atoms with Crippen LogP contribution in [0.15, 0.2) is 24.5 Å². The lowest BCUT2D eigenvalue weighted by molar-refractivity contribution is -0.113. The summed E-state index contributed by atoms with van der Waals surface area (Å²) >= 11 is 0. The molecule has 15 heavy (non-hydrogen) atoms. The van der Waals surface area contributed by atoms with Crippen molar-refractivity contribution >= 4 is 5.69 Å². The molecule has 1 aromatic heterocycles. The van der Waals surface area contributed by atoms with Crippen molar-refractivity contribution in [3.8, 4) is 0 Å². The fourth-order valence-electron chi connectivity index (χ4n) is 1.50. The molecule has 2 heterocycles. The van der Waals surface area contributed by atoms with Crippen LogP contribution in [0.5, 0.6) is 0 Å². The van der Waals surface area contributed by atoms with E-state index in [2.05, 4.69) is 10.4 Å². The Morgan fingerprint density at radius 3 is 3.07 bits per heavy atom. The summed E-state index contributed by atoms with van der Waals surface area (Å²) in [6.45, 7) is 2.12. The fourth-order valence-corrected chi connectivity index (χ4v) is 1.50. The largest absolute Gasteiger partial charge is 0.376 e. The van der Waals surface area contributed by atoms with Crippen LogP contribution >= 0.6 is 0 Å². The molecule has 0 bridgehead atoms. The molecule has 0 saturated carbocycles. The normalized spacial score (nSPS) is 22.6. The molecule has 1 saturated heterocycles. The Balaban J connectivity index is 1.97. The van der Waals surface area contributed by atoms with Crippen LogP contribution in [-0.4, -0.2) is 43.1 Å². The van der Waals surface area contributed by atoms with E-state index in [0.29, 0.717) is 6.61 Å². The average Bonchev–Trinajstić information content (AvgIpc) is 2.31. The molecule has 5 heteroatoms. The summed E-state index contributed by atoms with van der Waals surface area (Å²) in [7, 11) is 1.68. The molecule has 1 N–H and O–H groups in total. The zero-order valence-electron chi connectivity index (χ0n) is 8.72. The second kappa shape index (κ2) is 5.06. The van der Waals surface area contributed by atoms with Crippen LogP contribution in [0.25, 0.3) is 0 Å². The summed E-state index contributed by atoms with van der Waals surface area (Å²) in [4.78, 5) is 3.96. The molecule has 82 valence electrons. The monoisotopic (exact) mass is 209 g/mol. The first kappa shape index (κ1) is 10.4. The van der Waals surface area contributed by atoms with Gasteiger partial charge in [-0.3, -0.25) is 4.98 Å². The van der Waals surface area contributed by atoms with E-state index in [1.165, 1.54) is 0 Å². The van der Waals surface area contributed by atoms with Gasteiger partial charge in [-0.25, -0.2) is 0 Å². The van der Waals surface area contributed by atoms with Crippen LogP contribution in [0, 0.1) is 0 Å². The molecule has 0 aliphatic carbocycles. The highest BCUT2D eigenvalue weighted by Crippen LogP contribution is 2.11. The molecule has 1 aliphatic heterocycles. The van der Waals surface area contributed by atoms with Crippen molar-refractivity contribution in [3.05, 3.63) is 24.5 Å². The summed E-state index contributed by atoms with van der Waals surface area (Å²) in [6.07, 6.45) is 3.47. The predicted molar refractivity (Wildman–Crippen MR) is 56.2 cm³/mol. The number of aromatic nitrogens is 1. The fraction of sp³-hybridized carbons (Fsp3) is 0.500. The lowest BCUT2D eigenvalue weighted by Gasteiger charge is -2.34. The number of nitrogens with zero attached hydrogens (tertiary/aromatic N) is 2. The number of methoxy groups -OCH3 is 1. The number of hydrazine groups is 1. The van der Waals surface area contributed by atoms with Gasteiger partial charge >= 0.3 is 0 Å². The standard InChI is InChI=1S/C10H15N3O2/c1-14-10-8-15-7-6-13(10)12-9-2-4-11-5-3-9/h2-5,10H,6-8H2,1H3,(H,11,12). The van der Waals surface area contributed by atoms with Gasteiger partial charge in [0.05, 0.1) is 18.9 Å². The Hall–Kier alpha value is -1.17. The third kappa shape index (κ3) is 2.65. The van der Waals surface area contributed by atoms with Crippen molar-refractivity contribution in [2.24, 2.45) is 0 Å². The van der Waals surface area contributed by atoms with Crippen molar-refractivity contribution in [2.75, 3.05) is 32.3 Å². The van der Waals surface area contributed by atoms with Gasteiger partial charge in [0.2, 0.25) is 0 Å². The first-order valence-electron chi connectivity index (χ1n) is 4.94. The van der Waals surface area contributed by atoms with E-state index >= 15 is 0 Å². The van der Waals surface area contributed by atoms with Crippen LogP contribution in [0.1, 0.15) is 0 Å². The molecular weight excluding hydrogens is 194 g/mol. The minimum absolute atomic E-state index is 0.0353. The summed E-state index contributed by atoms with van der Waals surface area (Å²) in [6, 6.07) is 3.84. The van der Waals surface area contributed by atoms with Crippen LogP contribution in [0.3, 0.4) is 0 Å². The quantitative estimate of drug-likeness (QED) is 0.794. The van der Waals surface area contributed by atoms with Crippen LogP contribution in [0.2, 0.25) is 0 Å². The van der Waals surface area contributed by atoms with Gasteiger partial charge in [-0.15, -0.1) is 0 Å². The summed E-state index contributed by atoms with van der Waals surface area (Å²) < 4.78 is 10.6. The lowest BCUT2D eigenvalue weighted by Crippen LogP contribution is -2.49. The molecule has 0 spiro atoms. The number of hydrogen-bond donors (Lipinski definition) is 1. The number of anilines is 1. The van der Waals surface area contributed by atoms with Gasteiger partial charge in [0.15, 0.2) is 0 Å². The summed E-state index contributed by atoms with van der Waals surface area (Å²) in [5.41, 5.74) is 4.28. The zero-order valence-corrected chi connectivity index (χ0v) is 8.72. The highest BCUT2D eigenvalue weighted by atomic mass is 16.5. The van der Waals surface area contributed by atoms with Gasteiger partial charge in [-0.1, -0.05) is 0 Å². The molecule has 1 atom stereocenters. The van der Waals surface area contributed by atoms with Crippen molar-refractivity contribution in [2.45, 2.75) is 6.23 Å². The van der Waals surface area contributed by atoms with E-state index in [1.54, 1.807) is 19.5 Å². The Morgan fingerprint density at radius 2 is 2.33 bits per heavy atom. The number of rotatable bonds is 3. The Morgan fingerprint density at radius 1 is 1.53 bits per heavy atom. The molecule has 0 aromatic carbocycles. The molecule has 1 unspecified atom stereocenters. The van der Waals surface area contributed by atoms with Gasteiger partial charge < -0.3 is 14.9 Å². The van der Waals surface area contributed by atoms with Gasteiger partial charge in [0.1, 0.15) is 6.23 Å². The summed E-state index contributed by atoms with van der Waals surface area (Å²) in [5, 5.41) is 2.03. The molecule has 1 aromatic rings. The summed E-state index contributed by atoms with van der Waals surface area (Å²) in [5.74, 6) is 0. The van der Waals surface area contributed by atoms with E-state index in [-0.39, 0.29) is 6.23 Å². The predicted octanol–water partition coefficient (Wildman–Crippen LogP) is 0.713. The highest BCUT2D eigenvalue weighted by Gasteiger charge is 2.22. The molecule has 5 nitrogen and oxygen atoms in total. The number of pyridine rings is 1. The maximum Gasteiger partial charge on any atom is 0.150 e. The van der Waals surface area contributed by atoms with Crippen LogP contribution in [-0.2, 0) is 9.47 Å². The zero-order chi connectivity index (χ0) is 10.5. The van der Waals surface area contributed by atoms with Gasteiger partial charge in [0, 0.05) is 26.0 Å². The molecule has 2 rings (SSSR count). The Kier molecular flexibility index (Phi) is 3.49. The molecule has 1 aliphatic rings. The first-order valence-corrected chi connectivity index (χ1v) is 4.94. The Bertz CT molecular complexity index is 294. The number of hydrogen-bond acceptors (Lipinski definition) is 5. The second-order valence-corrected chi connectivity index (χ2v) is 3.31. The van der Waals surface area contributed by atoms with E-state index in [4.69, 9.17) is 9.47 Å². The van der Waals surface area contributed by atoms with Crippen molar-refractivity contribution in [1.29, 1.82) is 0 Å². The maximum atomic E-state index is 5.32. The number of ether oxygens (including phenoxy) is 2. The highest BCUT2D eigenvalue weighted by molar-refractivity contribution is 5.39. The minimum Gasteiger partial charge on any atom is -0.376 e. The van der Waals surface area contributed by atoms with Crippen molar-refractivity contribution < 1.29 is 9.47 Å². The van der Waals surface area contributed by atoms with Gasteiger partial charge in [-0.2, -0.15) is 5.01 Å². The van der Waals surface area contributed by atoms with Crippen molar-refractivity contribution in [3.63, 3.8) is 0 Å². The smallest absolute Gasteiger partial charge is 0.150 e. The molecular formula is C10H15N3O2. The molecule has 1 fully saturated rings. The average molecular weight is 209 g/mol. The Labute approximate surface area is 89.0 Å². The third-order valence-corrected chi connectivity index (χ3v) is 2.31. The topological polar surface area (TPSA) is 46.6 Å². The lowest BCUT2D eigenvalue weighted by atomic mass is 10.4. The van der Waals surface area contributed by atoms with E-state index in [1.807, 2.05) is 17.1 Å². The first-order chi connectivity index (χ1) is 7.40. The van der Waals surface area contributed by atoms with E-state index < -0.39 is 0 Å². The number of morpholine rings is 1. The SMILES string of the molecule is COC1COCCN1Nc1ccncc1. The molecule has 0 radical (unpaired) electrons. The number of nitrogens with one attached hydrogen (secondary N) is 1. The van der Waals surface area contributed by atoms with Crippen LogP contribution < -0.4 is 5.43 Å². The maximum absolute atomic E-state index is 5.32. The van der Waals surface area contributed by atoms with Crippen molar-refractivity contribution in [1.82, 2.24) is 9.99 Å². The molecule has 0 amide bonds. The van der Waals surface area contributed by atoms with Crippen LogP contribution in [0.4, 0.5) is 5.69 Å². The third-order valence-electron chi connectivity index (χ3n) is 2.31. The van der Waals surface area contributed by atoms with E-state index in [0.717, 1.165) is 18.8 Å². The van der Waals surface area contributed by atoms with E-state index in [9.17, 15) is 0 Å².